The zero-order chi connectivity index (χ0) is 8.69. The fourth-order valence-electron chi connectivity index (χ4n) is 0.731. The number of hydrogen-bond donors (Lipinski definition) is 0. The number of hydrogen-bond acceptors (Lipinski definition) is 0. The van der Waals surface area contributed by atoms with Gasteiger partial charge < -0.3 is 0 Å². The first-order valence-corrected chi connectivity index (χ1v) is 4.18. The fraction of sp³-hybridized carbons (Fsp3) is 0.400. The molecule has 1 heteroatoms. The van der Waals surface area contributed by atoms with E-state index in [2.05, 4.69) is 19.1 Å². The maximum atomic E-state index is 5.63. The van der Waals surface area contributed by atoms with E-state index in [1.807, 2.05) is 32.1 Å². The number of allylic oxidation sites excluding steroid dienone is 6. The first-order chi connectivity index (χ1) is 5.16. The van der Waals surface area contributed by atoms with Crippen LogP contribution in [-0.2, 0) is 0 Å². The summed E-state index contributed by atoms with van der Waals surface area (Å²) in [6, 6.07) is 0. The minimum absolute atomic E-state index is 0.493. The molecule has 0 radical (unpaired) electrons. The van der Waals surface area contributed by atoms with E-state index in [1.54, 1.807) is 0 Å². The molecule has 0 aliphatic rings. The Morgan fingerprint density at radius 1 is 1.36 bits per heavy atom. The van der Waals surface area contributed by atoms with Crippen molar-refractivity contribution in [3.05, 3.63) is 35.4 Å². The maximum absolute atomic E-state index is 5.63. The summed E-state index contributed by atoms with van der Waals surface area (Å²) in [5.74, 6) is 0.493. The van der Waals surface area contributed by atoms with Gasteiger partial charge >= 0.3 is 0 Å². The zero-order valence-corrected chi connectivity index (χ0v) is 8.10. The SMILES string of the molecule is C/C=C\C(C)C=C/C=C(\C)Cl. The van der Waals surface area contributed by atoms with Crippen molar-refractivity contribution in [3.8, 4) is 0 Å². The van der Waals surface area contributed by atoms with Gasteiger partial charge in [0.15, 0.2) is 0 Å². The topological polar surface area (TPSA) is 0 Å². The Hall–Kier alpha value is -0.490. The summed E-state index contributed by atoms with van der Waals surface area (Å²) in [6.07, 6.45) is 10.2. The summed E-state index contributed by atoms with van der Waals surface area (Å²) in [5, 5.41) is 0.814. The second-order valence-corrected chi connectivity index (χ2v) is 3.12. The molecule has 0 amide bonds. The highest BCUT2D eigenvalue weighted by molar-refractivity contribution is 6.29. The van der Waals surface area contributed by atoms with Crippen molar-refractivity contribution in [1.82, 2.24) is 0 Å². The second-order valence-electron chi connectivity index (χ2n) is 2.52. The molecule has 0 nitrogen and oxygen atoms in total. The molecule has 11 heavy (non-hydrogen) atoms. The van der Waals surface area contributed by atoms with Crippen molar-refractivity contribution in [1.29, 1.82) is 0 Å². The van der Waals surface area contributed by atoms with Gasteiger partial charge in [0.25, 0.3) is 0 Å². The molecule has 0 aliphatic carbocycles. The Bertz CT molecular complexity index is 171. The summed E-state index contributed by atoms with van der Waals surface area (Å²) in [6.45, 7) is 6.02. The average molecular weight is 171 g/mol. The molecule has 0 saturated carbocycles. The van der Waals surface area contributed by atoms with Gasteiger partial charge in [0.05, 0.1) is 0 Å². The number of rotatable bonds is 3. The van der Waals surface area contributed by atoms with Gasteiger partial charge in [-0.05, 0) is 25.8 Å². The molecule has 0 heterocycles. The molecule has 0 fully saturated rings. The Labute approximate surface area is 74.3 Å². The molecule has 0 N–H and O–H groups in total. The Morgan fingerprint density at radius 3 is 2.45 bits per heavy atom. The predicted molar refractivity (Wildman–Crippen MR) is 52.7 cm³/mol. The molecule has 1 atom stereocenters. The smallest absolute Gasteiger partial charge is 0.0149 e. The highest BCUT2D eigenvalue weighted by atomic mass is 35.5. The van der Waals surface area contributed by atoms with Gasteiger partial charge in [0.2, 0.25) is 0 Å². The van der Waals surface area contributed by atoms with E-state index >= 15 is 0 Å². The van der Waals surface area contributed by atoms with Crippen molar-refractivity contribution in [2.75, 3.05) is 0 Å². The molecule has 0 saturated heterocycles. The lowest BCUT2D eigenvalue weighted by Crippen LogP contribution is -1.79. The predicted octanol–water partition coefficient (Wildman–Crippen LogP) is 3.90. The molecule has 1 unspecified atom stereocenters. The molecule has 0 aromatic carbocycles. The van der Waals surface area contributed by atoms with Gasteiger partial charge in [-0.15, -0.1) is 0 Å². The lowest BCUT2D eigenvalue weighted by molar-refractivity contribution is 0.937. The minimum atomic E-state index is 0.493. The molecule has 0 aliphatic heterocycles. The van der Waals surface area contributed by atoms with E-state index < -0.39 is 0 Å². The van der Waals surface area contributed by atoms with Crippen LogP contribution in [0.1, 0.15) is 20.8 Å². The monoisotopic (exact) mass is 170 g/mol. The molecule has 62 valence electrons. The third-order valence-electron chi connectivity index (χ3n) is 1.24. The first kappa shape index (κ1) is 10.5. The lowest BCUT2D eigenvalue weighted by atomic mass is 10.1. The van der Waals surface area contributed by atoms with Gasteiger partial charge in [-0.1, -0.05) is 42.8 Å². The maximum Gasteiger partial charge on any atom is 0.0149 e. The van der Waals surface area contributed by atoms with Crippen LogP contribution in [0.2, 0.25) is 0 Å². The van der Waals surface area contributed by atoms with Crippen LogP contribution < -0.4 is 0 Å². The summed E-state index contributed by atoms with van der Waals surface area (Å²) in [5.41, 5.74) is 0. The third-order valence-corrected chi connectivity index (χ3v) is 1.36. The number of halogens is 1. The quantitative estimate of drug-likeness (QED) is 0.445. The van der Waals surface area contributed by atoms with Gasteiger partial charge in [-0.25, -0.2) is 0 Å². The van der Waals surface area contributed by atoms with Crippen LogP contribution in [-0.4, -0.2) is 0 Å². The van der Waals surface area contributed by atoms with Crippen LogP contribution in [0, 0.1) is 5.92 Å². The van der Waals surface area contributed by atoms with Crippen molar-refractivity contribution >= 4 is 11.6 Å². The third kappa shape index (κ3) is 7.41. The minimum Gasteiger partial charge on any atom is -0.0911 e. The molecular weight excluding hydrogens is 156 g/mol. The summed E-state index contributed by atoms with van der Waals surface area (Å²) in [4.78, 5) is 0. The van der Waals surface area contributed by atoms with Crippen molar-refractivity contribution in [3.63, 3.8) is 0 Å². The molecule has 0 spiro atoms. The van der Waals surface area contributed by atoms with Crippen LogP contribution in [0.3, 0.4) is 0 Å². The largest absolute Gasteiger partial charge is 0.0911 e. The van der Waals surface area contributed by atoms with E-state index in [-0.39, 0.29) is 0 Å². The summed E-state index contributed by atoms with van der Waals surface area (Å²) in [7, 11) is 0. The highest BCUT2D eigenvalue weighted by Gasteiger charge is 1.85. The normalized spacial score (nSPS) is 16.5. The first-order valence-electron chi connectivity index (χ1n) is 3.80. The Morgan fingerprint density at radius 2 is 2.00 bits per heavy atom. The van der Waals surface area contributed by atoms with Gasteiger partial charge in [0, 0.05) is 5.03 Å². The highest BCUT2D eigenvalue weighted by Crippen LogP contribution is 2.02. The second kappa shape index (κ2) is 6.23. The zero-order valence-electron chi connectivity index (χ0n) is 7.34. The van der Waals surface area contributed by atoms with Crippen LogP contribution in [0.15, 0.2) is 35.4 Å². The van der Waals surface area contributed by atoms with E-state index in [4.69, 9.17) is 11.6 Å². The van der Waals surface area contributed by atoms with Gasteiger partial charge in [0.1, 0.15) is 0 Å². The van der Waals surface area contributed by atoms with E-state index in [0.29, 0.717) is 5.92 Å². The Kier molecular flexibility index (Phi) is 5.96. The van der Waals surface area contributed by atoms with Crippen molar-refractivity contribution < 1.29 is 0 Å². The van der Waals surface area contributed by atoms with Crippen LogP contribution in [0.25, 0.3) is 0 Å². The molecule has 0 aromatic rings. The summed E-state index contributed by atoms with van der Waals surface area (Å²) < 4.78 is 0. The lowest BCUT2D eigenvalue weighted by Gasteiger charge is -1.93. The van der Waals surface area contributed by atoms with Gasteiger partial charge in [-0.2, -0.15) is 0 Å². The van der Waals surface area contributed by atoms with Crippen LogP contribution >= 0.6 is 11.6 Å². The van der Waals surface area contributed by atoms with Crippen molar-refractivity contribution in [2.45, 2.75) is 20.8 Å². The van der Waals surface area contributed by atoms with Gasteiger partial charge in [-0.3, -0.25) is 0 Å². The Balaban J connectivity index is 3.83. The van der Waals surface area contributed by atoms with Crippen LogP contribution in [0.5, 0.6) is 0 Å². The summed E-state index contributed by atoms with van der Waals surface area (Å²) >= 11 is 5.63. The van der Waals surface area contributed by atoms with E-state index in [1.165, 1.54) is 0 Å². The standard InChI is InChI=1S/C10H15Cl/c1-4-6-9(2)7-5-8-10(3)11/h4-9H,1-3H3/b6-4-,7-5?,10-8+. The van der Waals surface area contributed by atoms with Crippen LogP contribution in [0.4, 0.5) is 0 Å². The molecule has 0 bridgehead atoms. The molecule has 0 rings (SSSR count). The van der Waals surface area contributed by atoms with E-state index in [9.17, 15) is 0 Å². The average Bonchev–Trinajstić information content (AvgIpc) is 1.87. The molecule has 0 aromatic heterocycles. The molecular formula is C10H15Cl. The van der Waals surface area contributed by atoms with E-state index in [0.717, 1.165) is 5.03 Å². The fourth-order valence-corrected chi connectivity index (χ4v) is 0.804. The van der Waals surface area contributed by atoms with Crippen molar-refractivity contribution in [2.24, 2.45) is 5.92 Å².